The molecule has 7 nitrogen and oxygen atoms in total. The largest absolute Gasteiger partial charge is 0.391 e. The second kappa shape index (κ2) is 7.57. The van der Waals surface area contributed by atoms with Crippen LogP contribution in [0.4, 0.5) is 4.39 Å². The van der Waals surface area contributed by atoms with E-state index in [1.54, 1.807) is 17.0 Å². The van der Waals surface area contributed by atoms with E-state index in [0.29, 0.717) is 26.2 Å². The van der Waals surface area contributed by atoms with Crippen molar-refractivity contribution in [3.8, 4) is 11.3 Å². The first-order chi connectivity index (χ1) is 13.4. The number of benzene rings is 1. The van der Waals surface area contributed by atoms with Crippen LogP contribution in [0.1, 0.15) is 11.9 Å². The molecule has 148 valence electrons. The lowest BCUT2D eigenvalue weighted by atomic mass is 10.0. The lowest BCUT2D eigenvalue weighted by Crippen LogP contribution is -2.70. The topological polar surface area (TPSA) is 85.8 Å². The van der Waals surface area contributed by atoms with E-state index in [1.807, 2.05) is 5.38 Å². The van der Waals surface area contributed by atoms with Gasteiger partial charge in [-0.15, -0.1) is 11.3 Å². The fraction of sp³-hybridized carbons (Fsp3) is 0.421. The maximum Gasteiger partial charge on any atom is 0.248 e. The lowest BCUT2D eigenvalue weighted by Gasteiger charge is -2.45. The summed E-state index contributed by atoms with van der Waals surface area (Å²) >= 11 is 1.52. The first-order valence-corrected chi connectivity index (χ1v) is 10.0. The highest BCUT2D eigenvalue weighted by atomic mass is 32.1. The molecule has 2 aliphatic heterocycles. The number of carbonyl (C=O) groups is 2. The highest BCUT2D eigenvalue weighted by molar-refractivity contribution is 7.09. The number of hydrogen-bond donors (Lipinski definition) is 2. The third-order valence-electron chi connectivity index (χ3n) is 5.15. The Bertz CT molecular complexity index is 886. The number of aliphatic hydroxyl groups excluding tert-OH is 1. The molecule has 0 saturated carbocycles. The Hall–Kier alpha value is -2.36. The number of thiazole rings is 1. The average Bonchev–Trinajstić information content (AvgIpc) is 3.13. The van der Waals surface area contributed by atoms with Gasteiger partial charge in [-0.2, -0.15) is 0 Å². The van der Waals surface area contributed by atoms with Crippen LogP contribution in [0.5, 0.6) is 0 Å². The molecule has 3 heterocycles. The SMILES string of the molecule is C[C@@H](O)[C@@H]1NC(=O)[C@H]2CN(Cc3nc(-c4ccc(F)cc4)cs3)CCN2C1=O. The number of rotatable bonds is 4. The number of nitrogens with zero attached hydrogens (tertiary/aromatic N) is 3. The van der Waals surface area contributed by atoms with Gasteiger partial charge in [-0.3, -0.25) is 14.5 Å². The van der Waals surface area contributed by atoms with Crippen molar-refractivity contribution >= 4 is 23.2 Å². The number of piperazine rings is 2. The Labute approximate surface area is 165 Å². The molecule has 0 aliphatic carbocycles. The molecule has 0 bridgehead atoms. The van der Waals surface area contributed by atoms with Gasteiger partial charge in [-0.1, -0.05) is 0 Å². The predicted octanol–water partition coefficient (Wildman–Crippen LogP) is 0.841. The lowest BCUT2D eigenvalue weighted by molar-refractivity contribution is -0.156. The van der Waals surface area contributed by atoms with Gasteiger partial charge in [0.1, 0.15) is 22.9 Å². The summed E-state index contributed by atoms with van der Waals surface area (Å²) in [5.74, 6) is -0.747. The van der Waals surface area contributed by atoms with Crippen LogP contribution in [0.2, 0.25) is 0 Å². The molecule has 2 aromatic rings. The Morgan fingerprint density at radius 2 is 2.07 bits per heavy atom. The zero-order valence-electron chi connectivity index (χ0n) is 15.3. The Morgan fingerprint density at radius 1 is 1.32 bits per heavy atom. The molecule has 28 heavy (non-hydrogen) atoms. The molecule has 2 aliphatic rings. The molecule has 1 aromatic heterocycles. The summed E-state index contributed by atoms with van der Waals surface area (Å²) in [6.45, 7) is 3.58. The Morgan fingerprint density at radius 3 is 2.79 bits per heavy atom. The standard InChI is InChI=1S/C19H21FN4O3S/c1-11(25)17-19(27)24-7-6-23(8-15(24)18(26)22-17)9-16-21-14(10-28-16)12-2-4-13(20)5-3-12/h2-5,10-11,15,17,25H,6-9H2,1H3,(H,22,26)/t11-,15-,17+/m1/s1. The number of hydrogen-bond acceptors (Lipinski definition) is 6. The Kier molecular flexibility index (Phi) is 5.13. The van der Waals surface area contributed by atoms with Crippen LogP contribution < -0.4 is 5.32 Å². The molecular formula is C19H21FN4O3S. The zero-order valence-corrected chi connectivity index (χ0v) is 16.2. The summed E-state index contributed by atoms with van der Waals surface area (Å²) < 4.78 is 13.1. The van der Waals surface area contributed by atoms with Gasteiger partial charge in [0.2, 0.25) is 11.8 Å². The molecule has 0 spiro atoms. The van der Waals surface area contributed by atoms with Crippen molar-refractivity contribution < 1.29 is 19.1 Å². The summed E-state index contributed by atoms with van der Waals surface area (Å²) in [6, 6.07) is 4.80. The number of nitrogens with one attached hydrogen (secondary N) is 1. The van der Waals surface area contributed by atoms with E-state index in [2.05, 4.69) is 15.2 Å². The Balaban J connectivity index is 1.42. The first kappa shape index (κ1) is 19.0. The number of fused-ring (bicyclic) bond motifs is 1. The highest BCUT2D eigenvalue weighted by Crippen LogP contribution is 2.24. The predicted molar refractivity (Wildman–Crippen MR) is 102 cm³/mol. The number of carbonyl (C=O) groups excluding carboxylic acids is 2. The minimum atomic E-state index is -0.921. The normalized spacial score (nSPS) is 24.0. The van der Waals surface area contributed by atoms with Gasteiger partial charge in [0.15, 0.2) is 0 Å². The number of halogens is 1. The van der Waals surface area contributed by atoms with Gasteiger partial charge in [0.25, 0.3) is 0 Å². The molecular weight excluding hydrogens is 383 g/mol. The van der Waals surface area contributed by atoms with Crippen LogP contribution in [0.3, 0.4) is 0 Å². The molecule has 4 rings (SSSR count). The van der Waals surface area contributed by atoms with Crippen molar-refractivity contribution in [2.45, 2.75) is 31.7 Å². The third kappa shape index (κ3) is 3.65. The summed E-state index contributed by atoms with van der Waals surface area (Å²) in [7, 11) is 0. The smallest absolute Gasteiger partial charge is 0.248 e. The van der Waals surface area contributed by atoms with Crippen LogP contribution in [0.15, 0.2) is 29.6 Å². The van der Waals surface area contributed by atoms with E-state index in [0.717, 1.165) is 16.3 Å². The zero-order chi connectivity index (χ0) is 19.8. The van der Waals surface area contributed by atoms with Crippen molar-refractivity contribution in [1.82, 2.24) is 20.1 Å². The van der Waals surface area contributed by atoms with E-state index < -0.39 is 18.2 Å². The summed E-state index contributed by atoms with van der Waals surface area (Å²) in [5, 5.41) is 15.2. The molecule has 2 fully saturated rings. The first-order valence-electron chi connectivity index (χ1n) is 9.14. The average molecular weight is 404 g/mol. The second-order valence-corrected chi connectivity index (χ2v) is 8.09. The van der Waals surface area contributed by atoms with Crippen molar-refractivity contribution in [1.29, 1.82) is 0 Å². The van der Waals surface area contributed by atoms with E-state index in [9.17, 15) is 19.1 Å². The summed E-state index contributed by atoms with van der Waals surface area (Å²) in [4.78, 5) is 33.2. The summed E-state index contributed by atoms with van der Waals surface area (Å²) in [6.07, 6.45) is -0.921. The molecule has 1 aromatic carbocycles. The minimum Gasteiger partial charge on any atom is -0.391 e. The number of aromatic nitrogens is 1. The van der Waals surface area contributed by atoms with Gasteiger partial charge >= 0.3 is 0 Å². The number of aliphatic hydroxyl groups is 1. The molecule has 2 saturated heterocycles. The van der Waals surface area contributed by atoms with Crippen LogP contribution in [-0.2, 0) is 16.1 Å². The van der Waals surface area contributed by atoms with Gasteiger partial charge < -0.3 is 15.3 Å². The highest BCUT2D eigenvalue weighted by Gasteiger charge is 2.44. The van der Waals surface area contributed by atoms with Gasteiger partial charge in [-0.05, 0) is 31.2 Å². The van der Waals surface area contributed by atoms with Gasteiger partial charge in [-0.25, -0.2) is 9.37 Å². The van der Waals surface area contributed by atoms with Crippen LogP contribution in [0, 0.1) is 5.82 Å². The van der Waals surface area contributed by atoms with Gasteiger partial charge in [0.05, 0.1) is 18.3 Å². The second-order valence-electron chi connectivity index (χ2n) is 7.14. The quantitative estimate of drug-likeness (QED) is 0.789. The van der Waals surface area contributed by atoms with E-state index in [4.69, 9.17) is 0 Å². The molecule has 2 N–H and O–H groups in total. The molecule has 2 amide bonds. The van der Waals surface area contributed by atoms with Crippen LogP contribution in [-0.4, -0.2) is 69.5 Å². The maximum atomic E-state index is 13.1. The molecule has 9 heteroatoms. The van der Waals surface area contributed by atoms with Crippen molar-refractivity contribution in [2.75, 3.05) is 19.6 Å². The monoisotopic (exact) mass is 404 g/mol. The van der Waals surface area contributed by atoms with E-state index >= 15 is 0 Å². The van der Waals surface area contributed by atoms with E-state index in [-0.39, 0.29) is 17.6 Å². The van der Waals surface area contributed by atoms with E-state index in [1.165, 1.54) is 30.4 Å². The fourth-order valence-corrected chi connectivity index (χ4v) is 4.46. The van der Waals surface area contributed by atoms with Crippen LogP contribution >= 0.6 is 11.3 Å². The third-order valence-corrected chi connectivity index (χ3v) is 5.98. The fourth-order valence-electron chi connectivity index (χ4n) is 3.62. The van der Waals surface area contributed by atoms with Crippen molar-refractivity contribution in [3.05, 3.63) is 40.5 Å². The van der Waals surface area contributed by atoms with Crippen molar-refractivity contribution in [2.24, 2.45) is 0 Å². The number of amides is 2. The maximum absolute atomic E-state index is 13.1. The molecule has 0 unspecified atom stereocenters. The van der Waals surface area contributed by atoms with Crippen molar-refractivity contribution in [3.63, 3.8) is 0 Å². The minimum absolute atomic E-state index is 0.230. The van der Waals surface area contributed by atoms with Crippen LogP contribution in [0.25, 0.3) is 11.3 Å². The van der Waals surface area contributed by atoms with Gasteiger partial charge in [0, 0.05) is 30.6 Å². The summed E-state index contributed by atoms with van der Waals surface area (Å²) in [5.41, 5.74) is 1.65. The molecule has 3 atom stereocenters. The molecule has 0 radical (unpaired) electrons.